The lowest BCUT2D eigenvalue weighted by Crippen LogP contribution is -2.32. The van der Waals surface area contributed by atoms with Crippen molar-refractivity contribution in [1.29, 1.82) is 0 Å². The van der Waals surface area contributed by atoms with E-state index in [0.29, 0.717) is 24.4 Å². The number of ketones is 1. The van der Waals surface area contributed by atoms with Crippen molar-refractivity contribution >= 4 is 34.6 Å². The standard InChI is InChI=1S/C40H39N2O3S/c1-39(2)31-16-8-10-18-33(31)41(20-21-43)35(39)23-29-37(44)30(38(29)46-26-28-15-12-22-45-28)24-36-40(3,4)32-17-9-11-19-34(32)42(36)25-27-13-6-5-7-14-27/h5-19,22-24,43H,20-21,25-26H2,1-4H3/q+1. The zero-order valence-corrected chi connectivity index (χ0v) is 27.6. The second-order valence-corrected chi connectivity index (χ2v) is 14.1. The van der Waals surface area contributed by atoms with Gasteiger partial charge in [0.2, 0.25) is 5.69 Å². The minimum Gasteiger partial charge on any atom is -0.468 e. The SMILES string of the molecule is CC1(C)C(/C=C2/C(=O)C(/C=C3\N(CCO)c4ccccc4C3(C)C)=C2SCc2ccco2)=[N+](Cc2ccccc2)c2ccccc21. The average molecular weight is 628 g/mol. The van der Waals surface area contributed by atoms with E-state index in [2.05, 4.69) is 116 Å². The number of anilines is 1. The number of carbonyl (C=O) groups excluding carboxylic acids is 1. The highest BCUT2D eigenvalue weighted by Crippen LogP contribution is 2.50. The highest BCUT2D eigenvalue weighted by molar-refractivity contribution is 8.02. The smallest absolute Gasteiger partial charge is 0.210 e. The van der Waals surface area contributed by atoms with Crippen LogP contribution >= 0.6 is 11.8 Å². The Hall–Kier alpha value is -4.39. The Morgan fingerprint density at radius 3 is 2.30 bits per heavy atom. The highest BCUT2D eigenvalue weighted by atomic mass is 32.2. The number of aliphatic hydroxyl groups excluding tert-OH is 1. The summed E-state index contributed by atoms with van der Waals surface area (Å²) in [6, 6.07) is 31.3. The number of nitrogens with zero attached hydrogens (tertiary/aromatic N) is 2. The summed E-state index contributed by atoms with van der Waals surface area (Å²) in [6.45, 7) is 10.1. The van der Waals surface area contributed by atoms with E-state index < -0.39 is 0 Å². The monoisotopic (exact) mass is 627 g/mol. The molecule has 0 amide bonds. The second-order valence-electron chi connectivity index (χ2n) is 13.1. The number of hydrogen-bond donors (Lipinski definition) is 1. The molecule has 5 nitrogen and oxygen atoms in total. The van der Waals surface area contributed by atoms with E-state index in [0.717, 1.165) is 33.3 Å². The fourth-order valence-electron chi connectivity index (χ4n) is 7.14. The van der Waals surface area contributed by atoms with Crippen molar-refractivity contribution in [3.8, 4) is 0 Å². The van der Waals surface area contributed by atoms with E-state index in [-0.39, 0.29) is 23.2 Å². The van der Waals surface area contributed by atoms with Crippen LogP contribution in [0.25, 0.3) is 0 Å². The van der Waals surface area contributed by atoms with Crippen LogP contribution < -0.4 is 4.90 Å². The fraction of sp³-hybridized carbons (Fsp3) is 0.250. The fourth-order valence-corrected chi connectivity index (χ4v) is 8.21. The van der Waals surface area contributed by atoms with Gasteiger partial charge in [-0.3, -0.25) is 4.79 Å². The predicted octanol–water partition coefficient (Wildman–Crippen LogP) is 8.23. The maximum Gasteiger partial charge on any atom is 0.210 e. The van der Waals surface area contributed by atoms with Crippen molar-refractivity contribution in [2.24, 2.45) is 0 Å². The first-order valence-electron chi connectivity index (χ1n) is 15.9. The van der Waals surface area contributed by atoms with Crippen LogP contribution in [-0.4, -0.2) is 34.3 Å². The number of hydrogen-bond acceptors (Lipinski definition) is 5. The van der Waals surface area contributed by atoms with Crippen LogP contribution in [0.2, 0.25) is 0 Å². The second kappa shape index (κ2) is 11.8. The van der Waals surface area contributed by atoms with Crippen LogP contribution in [0.3, 0.4) is 0 Å². The van der Waals surface area contributed by atoms with Crippen molar-refractivity contribution in [1.82, 2.24) is 0 Å². The molecule has 1 aliphatic carbocycles. The van der Waals surface area contributed by atoms with Gasteiger partial charge in [-0.05, 0) is 43.7 Å². The lowest BCUT2D eigenvalue weighted by Gasteiger charge is -2.30. The van der Waals surface area contributed by atoms with Crippen LogP contribution in [0.1, 0.15) is 50.1 Å². The van der Waals surface area contributed by atoms with E-state index in [1.807, 2.05) is 24.3 Å². The molecule has 232 valence electrons. The quantitative estimate of drug-likeness (QED) is 0.150. The lowest BCUT2D eigenvalue weighted by molar-refractivity contribution is -0.455. The number of furan rings is 1. The summed E-state index contributed by atoms with van der Waals surface area (Å²) in [4.78, 5) is 17.4. The Kier molecular flexibility index (Phi) is 7.74. The molecular formula is C40H39N2O3S+. The van der Waals surface area contributed by atoms with Gasteiger partial charge in [0.15, 0.2) is 18.0 Å². The molecule has 0 spiro atoms. The number of benzene rings is 3. The molecule has 3 aliphatic rings. The van der Waals surface area contributed by atoms with Gasteiger partial charge in [0.05, 0.1) is 24.0 Å². The first-order valence-corrected chi connectivity index (χ1v) is 16.8. The number of allylic oxidation sites excluding steroid dienone is 5. The molecule has 0 fully saturated rings. The van der Waals surface area contributed by atoms with Crippen LogP contribution in [-0.2, 0) is 27.9 Å². The van der Waals surface area contributed by atoms with Gasteiger partial charge in [-0.15, -0.1) is 11.8 Å². The predicted molar refractivity (Wildman–Crippen MR) is 187 cm³/mol. The molecule has 0 atom stereocenters. The number of Topliss-reactive ketones (excluding diaryl/α,β-unsaturated/α-hetero) is 1. The molecule has 0 bridgehead atoms. The molecule has 1 N–H and O–H groups in total. The summed E-state index contributed by atoms with van der Waals surface area (Å²) in [5.41, 5.74) is 8.88. The van der Waals surface area contributed by atoms with Gasteiger partial charge >= 0.3 is 0 Å². The van der Waals surface area contributed by atoms with E-state index in [4.69, 9.17) is 4.42 Å². The number of β-amino-alcohol motifs (C(OH)–C–C–N with tert-alkyl or cyclic N) is 1. The highest BCUT2D eigenvalue weighted by Gasteiger charge is 2.47. The molecule has 4 aromatic rings. The van der Waals surface area contributed by atoms with Crippen molar-refractivity contribution < 1.29 is 18.9 Å². The maximum atomic E-state index is 14.3. The van der Waals surface area contributed by atoms with Crippen molar-refractivity contribution in [2.45, 2.75) is 50.8 Å². The number of para-hydroxylation sites is 2. The molecule has 7 rings (SSSR count). The van der Waals surface area contributed by atoms with Gasteiger partial charge in [-0.25, -0.2) is 0 Å². The van der Waals surface area contributed by atoms with E-state index >= 15 is 0 Å². The Morgan fingerprint density at radius 1 is 0.848 bits per heavy atom. The summed E-state index contributed by atoms with van der Waals surface area (Å²) in [7, 11) is 0. The summed E-state index contributed by atoms with van der Waals surface area (Å²) >= 11 is 1.65. The minimum atomic E-state index is -0.328. The molecule has 46 heavy (non-hydrogen) atoms. The van der Waals surface area contributed by atoms with Crippen molar-refractivity contribution in [3.05, 3.63) is 154 Å². The third-order valence-electron chi connectivity index (χ3n) is 9.59. The van der Waals surface area contributed by atoms with E-state index in [1.54, 1.807) is 18.0 Å². The molecule has 0 saturated heterocycles. The molecule has 2 aliphatic heterocycles. The summed E-state index contributed by atoms with van der Waals surface area (Å²) < 4.78 is 8.06. The molecular weight excluding hydrogens is 589 g/mol. The molecule has 0 radical (unpaired) electrons. The van der Waals surface area contributed by atoms with Crippen LogP contribution in [0.4, 0.5) is 11.4 Å². The van der Waals surface area contributed by atoms with Gasteiger partial charge in [0, 0.05) is 62.7 Å². The first kappa shape index (κ1) is 30.3. The van der Waals surface area contributed by atoms with Crippen LogP contribution in [0, 0.1) is 0 Å². The van der Waals surface area contributed by atoms with Crippen LogP contribution in [0.15, 0.2) is 136 Å². The number of rotatable bonds is 9. The largest absolute Gasteiger partial charge is 0.468 e. The third-order valence-corrected chi connectivity index (χ3v) is 10.7. The number of carbonyl (C=O) groups is 1. The Balaban J connectivity index is 1.37. The molecule has 6 heteroatoms. The summed E-state index contributed by atoms with van der Waals surface area (Å²) in [6.07, 6.45) is 5.90. The molecule has 0 saturated carbocycles. The first-order chi connectivity index (χ1) is 22.2. The zero-order chi connectivity index (χ0) is 32.1. The van der Waals surface area contributed by atoms with Gasteiger partial charge in [-0.1, -0.05) is 80.6 Å². The van der Waals surface area contributed by atoms with Crippen molar-refractivity contribution in [2.75, 3.05) is 18.1 Å². The minimum absolute atomic E-state index is 0.0191. The molecule has 3 aromatic carbocycles. The number of thioether (sulfide) groups is 1. The Labute approximate surface area is 275 Å². The number of aliphatic hydroxyl groups is 1. The summed E-state index contributed by atoms with van der Waals surface area (Å²) in [5, 5.41) is 10.0. The van der Waals surface area contributed by atoms with Crippen molar-refractivity contribution in [3.63, 3.8) is 0 Å². The number of fused-ring (bicyclic) bond motifs is 2. The van der Waals surface area contributed by atoms with E-state index in [9.17, 15) is 9.90 Å². The Bertz CT molecular complexity index is 1940. The van der Waals surface area contributed by atoms with Crippen LogP contribution in [0.5, 0.6) is 0 Å². The van der Waals surface area contributed by atoms with Gasteiger partial charge < -0.3 is 14.4 Å². The van der Waals surface area contributed by atoms with Gasteiger partial charge in [0.25, 0.3) is 0 Å². The third kappa shape index (κ3) is 5.01. The molecule has 0 unspecified atom stereocenters. The maximum absolute atomic E-state index is 14.3. The average Bonchev–Trinajstić information content (AvgIpc) is 3.71. The Morgan fingerprint density at radius 2 is 1.57 bits per heavy atom. The van der Waals surface area contributed by atoms with Gasteiger partial charge in [0.1, 0.15) is 5.76 Å². The normalized spacial score (nSPS) is 19.7. The van der Waals surface area contributed by atoms with Gasteiger partial charge in [-0.2, -0.15) is 4.58 Å². The van der Waals surface area contributed by atoms with E-state index in [1.165, 1.54) is 22.4 Å². The molecule has 1 aromatic heterocycles. The zero-order valence-electron chi connectivity index (χ0n) is 26.8. The lowest BCUT2D eigenvalue weighted by atomic mass is 9.78. The topological polar surface area (TPSA) is 56.7 Å². The summed E-state index contributed by atoms with van der Waals surface area (Å²) in [5.74, 6) is 1.53. The molecule has 3 heterocycles.